The summed E-state index contributed by atoms with van der Waals surface area (Å²) in [5, 5.41) is 7.40. The number of guanidine groups is 1. The third kappa shape index (κ3) is 5.66. The third-order valence-corrected chi connectivity index (χ3v) is 10.4. The van der Waals surface area contributed by atoms with Crippen molar-refractivity contribution in [2.75, 3.05) is 31.6 Å². The zero-order valence-corrected chi connectivity index (χ0v) is 25.3. The maximum atomic E-state index is 14.3. The predicted octanol–water partition coefficient (Wildman–Crippen LogP) is 5.56. The first-order valence-corrected chi connectivity index (χ1v) is 15.4. The molecule has 3 aliphatic carbocycles. The van der Waals surface area contributed by atoms with Crippen LogP contribution in [-0.2, 0) is 6.42 Å². The molecule has 2 bridgehead atoms. The van der Waals surface area contributed by atoms with Crippen molar-refractivity contribution in [1.29, 1.82) is 0 Å². The zero-order chi connectivity index (χ0) is 30.5. The normalized spacial score (nSPS) is 27.6. The minimum Gasteiger partial charge on any atom is -0.340 e. The molecule has 7 rings (SSSR count). The molecular formula is C33H41F3N6O. The van der Waals surface area contributed by atoms with E-state index in [1.165, 1.54) is 23.4 Å². The van der Waals surface area contributed by atoms with Crippen molar-refractivity contribution in [3.05, 3.63) is 70.3 Å². The van der Waals surface area contributed by atoms with Crippen LogP contribution in [0.1, 0.15) is 52.1 Å². The lowest BCUT2D eigenvalue weighted by molar-refractivity contribution is -0.108. The van der Waals surface area contributed by atoms with Crippen molar-refractivity contribution in [3.8, 4) is 0 Å². The number of nitrogens with zero attached hydrogens (tertiary/aromatic N) is 4. The zero-order valence-electron chi connectivity index (χ0n) is 25.3. The summed E-state index contributed by atoms with van der Waals surface area (Å²) in [5.41, 5.74) is 1.35. The van der Waals surface area contributed by atoms with Gasteiger partial charge in [-0.3, -0.25) is 9.36 Å². The van der Waals surface area contributed by atoms with Gasteiger partial charge < -0.3 is 15.5 Å². The van der Waals surface area contributed by atoms with E-state index in [1.807, 2.05) is 12.1 Å². The van der Waals surface area contributed by atoms with Gasteiger partial charge >= 0.3 is 0 Å². The van der Waals surface area contributed by atoms with Gasteiger partial charge in [-0.15, -0.1) is 0 Å². The number of rotatable bonds is 6. The van der Waals surface area contributed by atoms with E-state index in [0.717, 1.165) is 49.8 Å². The van der Waals surface area contributed by atoms with Crippen molar-refractivity contribution >= 4 is 22.5 Å². The van der Waals surface area contributed by atoms with Crippen LogP contribution < -0.4 is 16.2 Å². The van der Waals surface area contributed by atoms with Crippen molar-refractivity contribution in [3.63, 3.8) is 0 Å². The fourth-order valence-corrected chi connectivity index (χ4v) is 7.54. The van der Waals surface area contributed by atoms with Gasteiger partial charge in [0.2, 0.25) is 0 Å². The molecule has 1 saturated heterocycles. The standard InChI is InChI=1S/C33H41F3N6O/c1-19-17-41(10-9-37-19)32(40-29-13-22-12-27(20(29)2)33(22,3)4)39-24-7-8-26-30(15-24)38-18-42(31(26)43)25(16-34)11-21-5-6-23(35)14-28(21)36/h5-8,14-15,18-20,22,25,27,29,37H,9-13,16-17H2,1-4H3,(H,39,40)/t19-,20-,22+,25?,27-,29?/m0/s1. The number of fused-ring (bicyclic) bond motifs is 3. The molecule has 43 heavy (non-hydrogen) atoms. The molecule has 7 nitrogen and oxygen atoms in total. The molecule has 2 unspecified atom stereocenters. The number of anilines is 1. The Hall–Kier alpha value is -3.40. The predicted molar refractivity (Wildman–Crippen MR) is 164 cm³/mol. The Morgan fingerprint density at radius 2 is 2.00 bits per heavy atom. The van der Waals surface area contributed by atoms with E-state index in [2.05, 4.69) is 48.2 Å². The Morgan fingerprint density at radius 3 is 2.70 bits per heavy atom. The highest BCUT2D eigenvalue weighted by molar-refractivity contribution is 5.96. The summed E-state index contributed by atoms with van der Waals surface area (Å²) < 4.78 is 42.9. The summed E-state index contributed by atoms with van der Waals surface area (Å²) in [6.07, 6.45) is 3.60. The molecule has 2 N–H and O–H groups in total. The van der Waals surface area contributed by atoms with Crippen LogP contribution in [-0.4, -0.2) is 58.8 Å². The van der Waals surface area contributed by atoms with Crippen LogP contribution in [0.2, 0.25) is 0 Å². The summed E-state index contributed by atoms with van der Waals surface area (Å²) in [7, 11) is 0. The number of aliphatic imine (C=N–C) groups is 1. The summed E-state index contributed by atoms with van der Waals surface area (Å²) in [4.78, 5) is 25.5. The molecular weight excluding hydrogens is 553 g/mol. The van der Waals surface area contributed by atoms with Crippen molar-refractivity contribution in [2.24, 2.45) is 28.2 Å². The molecule has 1 aliphatic heterocycles. The molecule has 0 radical (unpaired) electrons. The molecule has 230 valence electrons. The van der Waals surface area contributed by atoms with Gasteiger partial charge in [-0.05, 0) is 79.2 Å². The second-order valence-corrected chi connectivity index (χ2v) is 13.3. The molecule has 2 aromatic carbocycles. The first kappa shape index (κ1) is 29.7. The molecule has 10 heteroatoms. The number of benzene rings is 2. The average Bonchev–Trinajstić information content (AvgIpc) is 2.97. The molecule has 3 saturated carbocycles. The number of hydrogen-bond acceptors (Lipinski definition) is 4. The van der Waals surface area contributed by atoms with Gasteiger partial charge in [0.15, 0.2) is 5.96 Å². The van der Waals surface area contributed by atoms with Crippen molar-refractivity contribution in [1.82, 2.24) is 19.8 Å². The molecule has 1 aromatic heterocycles. The van der Waals surface area contributed by atoms with E-state index >= 15 is 0 Å². The Bertz CT molecular complexity index is 1590. The largest absolute Gasteiger partial charge is 0.340 e. The molecule has 4 fully saturated rings. The highest BCUT2D eigenvalue weighted by Gasteiger charge is 2.56. The van der Waals surface area contributed by atoms with E-state index in [4.69, 9.17) is 4.99 Å². The number of aromatic nitrogens is 2. The highest BCUT2D eigenvalue weighted by atomic mass is 19.1. The van der Waals surface area contributed by atoms with Crippen LogP contribution in [0.3, 0.4) is 0 Å². The second kappa shape index (κ2) is 11.6. The van der Waals surface area contributed by atoms with E-state index in [1.54, 1.807) is 6.07 Å². The Labute approximate surface area is 250 Å². The molecule has 0 spiro atoms. The van der Waals surface area contributed by atoms with E-state index in [0.29, 0.717) is 40.1 Å². The number of piperazine rings is 1. The minimum atomic E-state index is -0.968. The Balaban J connectivity index is 1.27. The second-order valence-electron chi connectivity index (χ2n) is 13.3. The number of hydrogen-bond donors (Lipinski definition) is 2. The van der Waals surface area contributed by atoms with Crippen LogP contribution >= 0.6 is 0 Å². The number of alkyl halides is 1. The minimum absolute atomic E-state index is 0.100. The number of nitrogens with one attached hydrogen (secondary N) is 2. The molecule has 2 heterocycles. The SMILES string of the molecule is C[C@@H]1C(N=C(Nc2ccc3c(=O)n(C(CF)Cc4ccc(F)cc4F)cnc3c2)N2CCN[C@@H](C)C2)C[C@H]2C[C@@H]1C2(C)C. The molecule has 4 aliphatic rings. The summed E-state index contributed by atoms with van der Waals surface area (Å²) in [6.45, 7) is 11.0. The topological polar surface area (TPSA) is 74.5 Å². The van der Waals surface area contributed by atoms with E-state index in [-0.39, 0.29) is 18.0 Å². The van der Waals surface area contributed by atoms with Crippen molar-refractivity contribution < 1.29 is 13.2 Å². The van der Waals surface area contributed by atoms with Crippen molar-refractivity contribution in [2.45, 2.75) is 65.1 Å². The highest BCUT2D eigenvalue weighted by Crippen LogP contribution is 2.61. The molecule has 3 aromatic rings. The molecule has 6 atom stereocenters. The maximum Gasteiger partial charge on any atom is 0.261 e. The van der Waals surface area contributed by atoms with Gasteiger partial charge in [0.25, 0.3) is 5.56 Å². The Morgan fingerprint density at radius 1 is 1.19 bits per heavy atom. The van der Waals surface area contributed by atoms with E-state index < -0.39 is 29.9 Å². The quantitative estimate of drug-likeness (QED) is 0.289. The lowest BCUT2D eigenvalue weighted by Crippen LogP contribution is -2.57. The van der Waals surface area contributed by atoms with Gasteiger partial charge in [-0.1, -0.05) is 26.8 Å². The van der Waals surface area contributed by atoms with Crippen LogP contribution in [0.15, 0.2) is 52.5 Å². The molecule has 0 amide bonds. The third-order valence-electron chi connectivity index (χ3n) is 10.4. The average molecular weight is 595 g/mol. The van der Waals surface area contributed by atoms with Gasteiger partial charge in [0.1, 0.15) is 18.3 Å². The Kier molecular flexibility index (Phi) is 8.00. The van der Waals surface area contributed by atoms with Gasteiger partial charge in [-0.25, -0.2) is 23.1 Å². The summed E-state index contributed by atoms with van der Waals surface area (Å²) in [5.74, 6) is 1.25. The van der Waals surface area contributed by atoms with Crippen LogP contribution in [0.25, 0.3) is 10.9 Å². The smallest absolute Gasteiger partial charge is 0.261 e. The van der Waals surface area contributed by atoms with Crippen LogP contribution in [0.5, 0.6) is 0 Å². The van der Waals surface area contributed by atoms with Gasteiger partial charge in [0.05, 0.1) is 29.3 Å². The van der Waals surface area contributed by atoms with Crippen LogP contribution in [0, 0.1) is 34.8 Å². The fraction of sp³-hybridized carbons (Fsp3) is 0.545. The summed E-state index contributed by atoms with van der Waals surface area (Å²) >= 11 is 0. The van der Waals surface area contributed by atoms with Crippen LogP contribution in [0.4, 0.5) is 18.9 Å². The monoisotopic (exact) mass is 594 g/mol. The summed E-state index contributed by atoms with van der Waals surface area (Å²) in [6, 6.07) is 8.11. The maximum absolute atomic E-state index is 14.3. The van der Waals surface area contributed by atoms with E-state index in [9.17, 15) is 18.0 Å². The van der Waals surface area contributed by atoms with Gasteiger partial charge in [0, 0.05) is 37.4 Å². The first-order chi connectivity index (χ1) is 20.5. The first-order valence-electron chi connectivity index (χ1n) is 15.4. The lowest BCUT2D eigenvalue weighted by Gasteiger charge is -2.61. The fourth-order valence-electron chi connectivity index (χ4n) is 7.54. The lowest BCUT2D eigenvalue weighted by atomic mass is 9.45. The number of halogens is 3. The van der Waals surface area contributed by atoms with Gasteiger partial charge in [-0.2, -0.15) is 0 Å².